The summed E-state index contributed by atoms with van der Waals surface area (Å²) in [6.45, 7) is 1.75. The second-order valence-corrected chi connectivity index (χ2v) is 9.76. The molecule has 2 heterocycles. The molecule has 0 spiro atoms. The summed E-state index contributed by atoms with van der Waals surface area (Å²) in [5.41, 5.74) is -0.694. The highest BCUT2D eigenvalue weighted by molar-refractivity contribution is 7.19. The van der Waals surface area contributed by atoms with Gasteiger partial charge in [0.2, 0.25) is 0 Å². The molecule has 1 saturated carbocycles. The molecule has 2 aromatic carbocycles. The number of benzene rings is 2. The van der Waals surface area contributed by atoms with E-state index in [9.17, 15) is 14.7 Å². The van der Waals surface area contributed by atoms with Crippen LogP contribution in [-0.2, 0) is 19.9 Å². The zero-order chi connectivity index (χ0) is 22.3. The van der Waals surface area contributed by atoms with Crippen LogP contribution in [0.25, 0.3) is 10.1 Å². The minimum Gasteiger partial charge on any atom is -0.462 e. The molecule has 5 rings (SSSR count). The number of carbonyl (C=O) groups is 2. The summed E-state index contributed by atoms with van der Waals surface area (Å²) in [6.07, 6.45) is 3.75. The fourth-order valence-electron chi connectivity index (χ4n) is 4.68. The highest BCUT2D eigenvalue weighted by atomic mass is 32.1. The Hall–Kier alpha value is -2.96. The Morgan fingerprint density at radius 2 is 1.94 bits per heavy atom. The fraction of sp³-hybridized carbons (Fsp3) is 0.308. The Morgan fingerprint density at radius 1 is 1.19 bits per heavy atom. The largest absolute Gasteiger partial charge is 0.462 e. The maximum Gasteiger partial charge on any atom is 0.338 e. The lowest BCUT2D eigenvalue weighted by Gasteiger charge is -2.23. The van der Waals surface area contributed by atoms with Crippen LogP contribution in [0.1, 0.15) is 35.0 Å². The first-order valence-electron chi connectivity index (χ1n) is 10.8. The topological polar surface area (TPSA) is 72.8 Å². The fourth-order valence-corrected chi connectivity index (χ4v) is 5.77. The van der Waals surface area contributed by atoms with Crippen LogP contribution in [0.5, 0.6) is 0 Å². The number of fused-ring (bicyclic) bond motifs is 2. The van der Waals surface area contributed by atoms with Gasteiger partial charge in [-0.15, -0.1) is 11.3 Å². The molecule has 164 valence electrons. The first kappa shape index (κ1) is 20.9. The molecule has 5 nitrogen and oxygen atoms in total. The number of rotatable bonds is 5. The summed E-state index contributed by atoms with van der Waals surface area (Å²) in [4.78, 5) is 25.4. The number of carbonyl (C=O) groups excluding carboxylic acids is 2. The number of aliphatic hydroxyl groups is 1. The molecule has 1 unspecified atom stereocenters. The minimum absolute atomic E-state index is 0.0643. The molecule has 32 heavy (non-hydrogen) atoms. The molecule has 1 saturated heterocycles. The first-order chi connectivity index (χ1) is 15.4. The van der Waals surface area contributed by atoms with Crippen molar-refractivity contribution in [2.24, 2.45) is 11.8 Å². The van der Waals surface area contributed by atoms with E-state index >= 15 is 0 Å². The van der Waals surface area contributed by atoms with Gasteiger partial charge in [0, 0.05) is 27.8 Å². The molecular weight excluding hydrogens is 424 g/mol. The van der Waals surface area contributed by atoms with Crippen LogP contribution in [0.3, 0.4) is 0 Å². The van der Waals surface area contributed by atoms with E-state index < -0.39 is 17.7 Å². The van der Waals surface area contributed by atoms with Crippen molar-refractivity contribution in [2.45, 2.75) is 37.6 Å². The van der Waals surface area contributed by atoms with Crippen LogP contribution in [0, 0.1) is 11.8 Å². The monoisotopic (exact) mass is 448 g/mol. The molecule has 0 radical (unpaired) electrons. The maximum absolute atomic E-state index is 12.7. The number of ether oxygens (including phenoxy) is 2. The van der Waals surface area contributed by atoms with Gasteiger partial charge in [-0.3, -0.25) is 4.79 Å². The molecule has 2 fully saturated rings. The predicted molar refractivity (Wildman–Crippen MR) is 122 cm³/mol. The van der Waals surface area contributed by atoms with Crippen molar-refractivity contribution >= 4 is 33.4 Å². The van der Waals surface area contributed by atoms with E-state index in [1.54, 1.807) is 48.6 Å². The van der Waals surface area contributed by atoms with Crippen LogP contribution >= 0.6 is 11.3 Å². The van der Waals surface area contributed by atoms with Gasteiger partial charge in [0.05, 0.1) is 12.0 Å². The average molecular weight is 449 g/mol. The van der Waals surface area contributed by atoms with Gasteiger partial charge in [-0.1, -0.05) is 48.6 Å². The molecule has 0 bridgehead atoms. The smallest absolute Gasteiger partial charge is 0.338 e. The van der Waals surface area contributed by atoms with E-state index in [0.717, 1.165) is 15.0 Å². The number of thiophene rings is 1. The Bertz CT molecular complexity index is 1150. The summed E-state index contributed by atoms with van der Waals surface area (Å²) in [7, 11) is 0. The minimum atomic E-state index is -1.18. The van der Waals surface area contributed by atoms with Crippen molar-refractivity contribution in [1.82, 2.24) is 0 Å². The van der Waals surface area contributed by atoms with Gasteiger partial charge in [0.25, 0.3) is 0 Å². The maximum atomic E-state index is 12.7. The number of hydrogen-bond acceptors (Lipinski definition) is 6. The van der Waals surface area contributed by atoms with Crippen molar-refractivity contribution < 1.29 is 24.2 Å². The van der Waals surface area contributed by atoms with Crippen LogP contribution in [0.15, 0.2) is 72.8 Å². The third-order valence-corrected chi connectivity index (χ3v) is 7.73. The zero-order valence-corrected chi connectivity index (χ0v) is 18.5. The molecule has 0 amide bonds. The van der Waals surface area contributed by atoms with Crippen LogP contribution in [0.2, 0.25) is 0 Å². The third kappa shape index (κ3) is 3.96. The van der Waals surface area contributed by atoms with E-state index in [4.69, 9.17) is 9.47 Å². The lowest BCUT2D eigenvalue weighted by atomic mass is 9.89. The molecule has 2 aliphatic rings. The van der Waals surface area contributed by atoms with E-state index in [-0.39, 0.29) is 23.9 Å². The summed E-state index contributed by atoms with van der Waals surface area (Å²) in [5.74, 6) is -0.885. The molecule has 6 heteroatoms. The van der Waals surface area contributed by atoms with Crippen LogP contribution in [0.4, 0.5) is 0 Å². The van der Waals surface area contributed by atoms with Crippen LogP contribution < -0.4 is 0 Å². The molecule has 1 aliphatic carbocycles. The highest BCUT2D eigenvalue weighted by Gasteiger charge is 2.51. The van der Waals surface area contributed by atoms with E-state index in [0.29, 0.717) is 18.4 Å². The van der Waals surface area contributed by atoms with Gasteiger partial charge in [-0.25, -0.2) is 4.79 Å². The van der Waals surface area contributed by atoms with Gasteiger partial charge in [-0.2, -0.15) is 0 Å². The van der Waals surface area contributed by atoms with Crippen molar-refractivity contribution in [1.29, 1.82) is 0 Å². The van der Waals surface area contributed by atoms with Crippen molar-refractivity contribution in [3.05, 3.63) is 83.3 Å². The number of hydrogen-bond donors (Lipinski definition) is 1. The Morgan fingerprint density at radius 3 is 2.72 bits per heavy atom. The Kier molecular flexibility index (Phi) is 5.35. The Balaban J connectivity index is 1.39. The van der Waals surface area contributed by atoms with Gasteiger partial charge in [0.15, 0.2) is 0 Å². The Labute approximate surface area is 190 Å². The predicted octanol–water partition coefficient (Wildman–Crippen LogP) is 4.84. The van der Waals surface area contributed by atoms with Gasteiger partial charge < -0.3 is 14.6 Å². The van der Waals surface area contributed by atoms with Crippen LogP contribution in [-0.4, -0.2) is 29.3 Å². The summed E-state index contributed by atoms with van der Waals surface area (Å²) in [6, 6.07) is 18.9. The molecule has 1 aliphatic heterocycles. The molecule has 5 atom stereocenters. The quantitative estimate of drug-likeness (QED) is 0.447. The highest BCUT2D eigenvalue weighted by Crippen LogP contribution is 2.44. The van der Waals surface area contributed by atoms with Crippen molar-refractivity contribution in [3.8, 4) is 0 Å². The second-order valence-electron chi connectivity index (χ2n) is 8.67. The number of esters is 2. The normalized spacial score (nSPS) is 26.8. The van der Waals surface area contributed by atoms with E-state index in [2.05, 4.69) is 0 Å². The standard InChI is InChI=1S/C26H24O5S/c1-26(29,23-13-17-9-5-6-10-22(17)32-23)12-11-18-19-14-24(27)30-21(19)15-20(18)31-25(28)16-7-3-2-4-8-16/h2-13,18-21,29H,14-15H2,1H3/t18-,19-,20-,21+,26?/m1/s1. The molecule has 1 N–H and O–H groups in total. The summed E-state index contributed by atoms with van der Waals surface area (Å²) >= 11 is 1.55. The third-order valence-electron chi connectivity index (χ3n) is 6.39. The van der Waals surface area contributed by atoms with E-state index in [1.807, 2.05) is 42.5 Å². The molecule has 3 aromatic rings. The zero-order valence-electron chi connectivity index (χ0n) is 17.6. The second kappa shape index (κ2) is 8.19. The van der Waals surface area contributed by atoms with E-state index in [1.165, 1.54) is 0 Å². The van der Waals surface area contributed by atoms with Crippen molar-refractivity contribution in [2.75, 3.05) is 0 Å². The summed E-state index contributed by atoms with van der Waals surface area (Å²) < 4.78 is 12.4. The lowest BCUT2D eigenvalue weighted by Crippen LogP contribution is -2.26. The van der Waals surface area contributed by atoms with Gasteiger partial charge in [-0.05, 0) is 36.6 Å². The van der Waals surface area contributed by atoms with Crippen molar-refractivity contribution in [3.63, 3.8) is 0 Å². The van der Waals surface area contributed by atoms with Gasteiger partial charge >= 0.3 is 11.9 Å². The molecule has 1 aromatic heterocycles. The summed E-state index contributed by atoms with van der Waals surface area (Å²) in [5, 5.41) is 12.3. The SMILES string of the molecule is CC(O)(C=C[C@@H]1[C@H]2CC(=O)O[C@H]2C[C@H]1OC(=O)c1ccccc1)c1cc2ccccc2s1. The van der Waals surface area contributed by atoms with Gasteiger partial charge in [0.1, 0.15) is 17.8 Å². The average Bonchev–Trinajstić information content (AvgIpc) is 3.45. The lowest BCUT2D eigenvalue weighted by molar-refractivity contribution is -0.141. The molecular formula is C26H24O5S. The first-order valence-corrected chi connectivity index (χ1v) is 11.6.